The van der Waals surface area contributed by atoms with E-state index in [1.807, 2.05) is 30.3 Å². The Bertz CT molecular complexity index is 648. The Morgan fingerprint density at radius 2 is 1.93 bits per heavy atom. The van der Waals surface area contributed by atoms with Crippen molar-refractivity contribution in [3.8, 4) is 6.07 Å². The highest BCUT2D eigenvalue weighted by molar-refractivity contribution is 5.94. The summed E-state index contributed by atoms with van der Waals surface area (Å²) in [5.74, 6) is 0.211. The number of para-hydroxylation sites is 1. The molecule has 2 amide bonds. The highest BCUT2D eigenvalue weighted by Gasteiger charge is 2.27. The number of nitriles is 1. The minimum Gasteiger partial charge on any atom is -0.356 e. The molecule has 1 saturated heterocycles. The number of hydrogen-bond donors (Lipinski definition) is 1. The fourth-order valence-corrected chi connectivity index (χ4v) is 3.53. The van der Waals surface area contributed by atoms with Gasteiger partial charge in [-0.3, -0.25) is 14.5 Å². The number of benzene rings is 1. The number of unbranched alkanes of at least 4 members (excludes halogenated alkanes) is 2. The standard InChI is InChI=1S/C22H32N4O2/c1-2-3-7-14-24-22(28)19-11-16-25(17-12-19)18-21(27)26(15-8-13-23)20-9-5-4-6-10-20/h4-6,9-10,19H,2-3,7-8,11-12,14-18H2,1H3,(H,24,28). The number of anilines is 1. The third-order valence-electron chi connectivity index (χ3n) is 5.21. The molecule has 0 unspecified atom stereocenters. The Hall–Kier alpha value is -2.39. The molecule has 1 fully saturated rings. The molecule has 6 heteroatoms. The molecule has 0 atom stereocenters. The number of likely N-dealkylation sites (tertiary alicyclic amines) is 1. The van der Waals surface area contributed by atoms with Crippen LogP contribution in [0.5, 0.6) is 0 Å². The molecule has 6 nitrogen and oxygen atoms in total. The largest absolute Gasteiger partial charge is 0.356 e. The van der Waals surface area contributed by atoms with Gasteiger partial charge >= 0.3 is 0 Å². The zero-order chi connectivity index (χ0) is 20.2. The maximum Gasteiger partial charge on any atom is 0.241 e. The SMILES string of the molecule is CCCCCNC(=O)C1CCN(CC(=O)N(CCC#N)c2ccccc2)CC1. The van der Waals surface area contributed by atoms with Gasteiger partial charge in [-0.1, -0.05) is 38.0 Å². The molecule has 2 rings (SSSR count). The molecule has 0 aromatic heterocycles. The third-order valence-corrected chi connectivity index (χ3v) is 5.21. The van der Waals surface area contributed by atoms with Gasteiger partial charge in [0.1, 0.15) is 0 Å². The molecule has 1 aromatic rings. The zero-order valence-electron chi connectivity index (χ0n) is 16.9. The molecule has 28 heavy (non-hydrogen) atoms. The first-order chi connectivity index (χ1) is 13.7. The minimum absolute atomic E-state index is 0.00363. The van der Waals surface area contributed by atoms with Crippen LogP contribution in [0.15, 0.2) is 30.3 Å². The lowest BCUT2D eigenvalue weighted by Crippen LogP contribution is -2.46. The zero-order valence-corrected chi connectivity index (χ0v) is 16.9. The summed E-state index contributed by atoms with van der Waals surface area (Å²) in [7, 11) is 0. The van der Waals surface area contributed by atoms with Gasteiger partial charge in [-0.2, -0.15) is 5.26 Å². The molecule has 0 radical (unpaired) electrons. The van der Waals surface area contributed by atoms with E-state index in [9.17, 15) is 9.59 Å². The van der Waals surface area contributed by atoms with E-state index in [0.29, 0.717) is 19.5 Å². The van der Waals surface area contributed by atoms with Crippen molar-refractivity contribution >= 4 is 17.5 Å². The Morgan fingerprint density at radius 3 is 2.57 bits per heavy atom. The topological polar surface area (TPSA) is 76.4 Å². The molecule has 1 N–H and O–H groups in total. The van der Waals surface area contributed by atoms with Gasteiger partial charge in [-0.15, -0.1) is 0 Å². The number of hydrogen-bond acceptors (Lipinski definition) is 4. The van der Waals surface area contributed by atoms with Gasteiger partial charge in [-0.25, -0.2) is 0 Å². The lowest BCUT2D eigenvalue weighted by Gasteiger charge is -2.32. The predicted molar refractivity (Wildman–Crippen MR) is 111 cm³/mol. The van der Waals surface area contributed by atoms with Crippen LogP contribution in [0.3, 0.4) is 0 Å². The smallest absolute Gasteiger partial charge is 0.241 e. The lowest BCUT2D eigenvalue weighted by molar-refractivity contribution is -0.126. The molecule has 1 aromatic carbocycles. The molecular weight excluding hydrogens is 352 g/mol. The lowest BCUT2D eigenvalue weighted by atomic mass is 9.96. The first-order valence-electron chi connectivity index (χ1n) is 10.4. The monoisotopic (exact) mass is 384 g/mol. The molecule has 1 heterocycles. The van der Waals surface area contributed by atoms with E-state index in [4.69, 9.17) is 5.26 Å². The summed E-state index contributed by atoms with van der Waals surface area (Å²) in [4.78, 5) is 28.9. The maximum absolute atomic E-state index is 12.8. The summed E-state index contributed by atoms with van der Waals surface area (Å²) >= 11 is 0. The van der Waals surface area contributed by atoms with Crippen molar-refractivity contribution in [1.82, 2.24) is 10.2 Å². The van der Waals surface area contributed by atoms with Crippen molar-refractivity contribution < 1.29 is 9.59 Å². The number of rotatable bonds is 10. The van der Waals surface area contributed by atoms with Gasteiger partial charge in [-0.05, 0) is 44.5 Å². The summed E-state index contributed by atoms with van der Waals surface area (Å²) in [6.07, 6.45) is 5.21. The van der Waals surface area contributed by atoms with Crippen LogP contribution in [0.1, 0.15) is 45.4 Å². The highest BCUT2D eigenvalue weighted by Crippen LogP contribution is 2.19. The number of piperidine rings is 1. The van der Waals surface area contributed by atoms with Crippen molar-refractivity contribution in [2.45, 2.75) is 45.4 Å². The van der Waals surface area contributed by atoms with Crippen molar-refractivity contribution in [3.63, 3.8) is 0 Å². The molecule has 0 aliphatic carbocycles. The summed E-state index contributed by atoms with van der Waals surface area (Å²) < 4.78 is 0. The maximum atomic E-state index is 12.8. The molecule has 0 saturated carbocycles. The number of carbonyl (C=O) groups excluding carboxylic acids is 2. The third kappa shape index (κ3) is 6.97. The van der Waals surface area contributed by atoms with Crippen LogP contribution in [0.4, 0.5) is 5.69 Å². The second-order valence-electron chi connectivity index (χ2n) is 7.34. The Morgan fingerprint density at radius 1 is 1.21 bits per heavy atom. The molecule has 0 bridgehead atoms. The minimum atomic E-state index is 0.00363. The summed E-state index contributed by atoms with van der Waals surface area (Å²) in [6.45, 7) is 5.13. The molecule has 0 spiro atoms. The first-order valence-corrected chi connectivity index (χ1v) is 10.4. The fraction of sp³-hybridized carbons (Fsp3) is 0.591. The second kappa shape index (κ2) is 12.1. The van der Waals surface area contributed by atoms with E-state index in [0.717, 1.165) is 57.4 Å². The van der Waals surface area contributed by atoms with E-state index in [1.165, 1.54) is 0 Å². The Labute approximate surface area is 168 Å². The van der Waals surface area contributed by atoms with Crippen LogP contribution in [0.2, 0.25) is 0 Å². The van der Waals surface area contributed by atoms with Gasteiger partial charge in [0.15, 0.2) is 0 Å². The summed E-state index contributed by atoms with van der Waals surface area (Å²) in [5, 5.41) is 11.9. The normalized spacial score (nSPS) is 15.0. The second-order valence-corrected chi connectivity index (χ2v) is 7.34. The van der Waals surface area contributed by atoms with E-state index in [1.54, 1.807) is 4.90 Å². The van der Waals surface area contributed by atoms with Gasteiger partial charge < -0.3 is 10.2 Å². The first kappa shape index (κ1) is 21.9. The van der Waals surface area contributed by atoms with Crippen molar-refractivity contribution in [2.75, 3.05) is 37.6 Å². The fourth-order valence-electron chi connectivity index (χ4n) is 3.53. The van der Waals surface area contributed by atoms with E-state index < -0.39 is 0 Å². The summed E-state index contributed by atoms with van der Waals surface area (Å²) in [6, 6.07) is 11.6. The quantitative estimate of drug-likeness (QED) is 0.629. The molecule has 1 aliphatic heterocycles. The van der Waals surface area contributed by atoms with Crippen LogP contribution in [0.25, 0.3) is 0 Å². The van der Waals surface area contributed by atoms with E-state index in [2.05, 4.69) is 23.2 Å². The van der Waals surface area contributed by atoms with Crippen LogP contribution in [0, 0.1) is 17.2 Å². The summed E-state index contributed by atoms with van der Waals surface area (Å²) in [5.41, 5.74) is 0.823. The van der Waals surface area contributed by atoms with Crippen LogP contribution < -0.4 is 10.2 Å². The van der Waals surface area contributed by atoms with Crippen molar-refractivity contribution in [2.24, 2.45) is 5.92 Å². The number of amides is 2. The predicted octanol–water partition coefficient (Wildman–Crippen LogP) is 2.95. The van der Waals surface area contributed by atoms with Gasteiger partial charge in [0, 0.05) is 24.7 Å². The molecule has 152 valence electrons. The molecule has 1 aliphatic rings. The molecular formula is C22H32N4O2. The van der Waals surface area contributed by atoms with E-state index in [-0.39, 0.29) is 17.7 Å². The average molecular weight is 385 g/mol. The number of nitrogens with zero attached hydrogens (tertiary/aromatic N) is 3. The Balaban J connectivity index is 1.81. The number of nitrogens with one attached hydrogen (secondary N) is 1. The van der Waals surface area contributed by atoms with Crippen molar-refractivity contribution in [3.05, 3.63) is 30.3 Å². The van der Waals surface area contributed by atoms with Crippen LogP contribution in [-0.2, 0) is 9.59 Å². The van der Waals surface area contributed by atoms with E-state index >= 15 is 0 Å². The van der Waals surface area contributed by atoms with Gasteiger partial charge in [0.2, 0.25) is 11.8 Å². The highest BCUT2D eigenvalue weighted by atomic mass is 16.2. The van der Waals surface area contributed by atoms with Crippen molar-refractivity contribution in [1.29, 1.82) is 5.26 Å². The number of carbonyl (C=O) groups is 2. The van der Waals surface area contributed by atoms with Gasteiger partial charge in [0.25, 0.3) is 0 Å². The average Bonchev–Trinajstić information content (AvgIpc) is 2.72. The van der Waals surface area contributed by atoms with Gasteiger partial charge in [0.05, 0.1) is 19.0 Å². The van der Waals surface area contributed by atoms with Crippen LogP contribution in [-0.4, -0.2) is 49.4 Å². The van der Waals surface area contributed by atoms with Crippen LogP contribution >= 0.6 is 0 Å². The Kier molecular flexibility index (Phi) is 9.50.